The molecule has 1 N–H and O–H groups in total. The number of carbonyl (C=O) groups excluding carboxylic acids is 1. The molecule has 1 heterocycles. The Balaban J connectivity index is 2.38. The molecule has 0 unspecified atom stereocenters. The Morgan fingerprint density at radius 3 is 2.73 bits per heavy atom. The summed E-state index contributed by atoms with van der Waals surface area (Å²) in [6, 6.07) is 6.89. The van der Waals surface area contributed by atoms with Crippen molar-refractivity contribution in [1.29, 1.82) is 0 Å². The van der Waals surface area contributed by atoms with E-state index in [9.17, 15) is 4.79 Å². The molecule has 1 aromatic rings. The summed E-state index contributed by atoms with van der Waals surface area (Å²) in [5.41, 5.74) is 6.30. The van der Waals surface area contributed by atoms with Crippen LogP contribution in [0.15, 0.2) is 23.3 Å². The number of hydrogen-bond acceptors (Lipinski definition) is 3. The van der Waals surface area contributed by atoms with E-state index in [0.717, 1.165) is 12.0 Å². The summed E-state index contributed by atoms with van der Waals surface area (Å²) in [6.45, 7) is 12.9. The lowest BCUT2D eigenvalue weighted by Crippen LogP contribution is -2.51. The highest BCUT2D eigenvalue weighted by molar-refractivity contribution is 5.83. The molecule has 0 aliphatic carbocycles. The second-order valence-corrected chi connectivity index (χ2v) is 7.13. The summed E-state index contributed by atoms with van der Waals surface area (Å²) in [4.78, 5) is 13.4. The van der Waals surface area contributed by atoms with Crippen LogP contribution in [0, 0.1) is 0 Å². The molecule has 1 amide bonds. The largest absolute Gasteiger partial charge is 0.364 e. The zero-order chi connectivity index (χ0) is 16.5. The maximum atomic E-state index is 10.9. The average Bonchev–Trinajstić information content (AvgIpc) is 2.37. The van der Waals surface area contributed by atoms with Crippen molar-refractivity contribution < 1.29 is 4.79 Å². The molecular weight excluding hydrogens is 274 g/mol. The number of carbonyl (C=O) groups is 1. The lowest BCUT2D eigenvalue weighted by atomic mass is 9.79. The molecule has 0 aromatic heterocycles. The Morgan fingerprint density at radius 2 is 2.14 bits per heavy atom. The topological polar surface area (TPSA) is 44.7 Å². The molecule has 120 valence electrons. The van der Waals surface area contributed by atoms with Crippen LogP contribution in [0.2, 0.25) is 0 Å². The predicted octanol–water partition coefficient (Wildman–Crippen LogP) is 3.66. The van der Waals surface area contributed by atoms with Crippen molar-refractivity contribution in [2.75, 3.05) is 4.90 Å². The minimum absolute atomic E-state index is 0.157. The van der Waals surface area contributed by atoms with Crippen molar-refractivity contribution in [3.8, 4) is 0 Å². The van der Waals surface area contributed by atoms with E-state index in [-0.39, 0.29) is 11.4 Å². The first-order chi connectivity index (χ1) is 10.2. The zero-order valence-electron chi connectivity index (χ0n) is 14.5. The molecule has 4 nitrogen and oxygen atoms in total. The number of nitrogens with one attached hydrogen (secondary N) is 1. The first kappa shape index (κ1) is 16.5. The molecule has 4 heteroatoms. The van der Waals surface area contributed by atoms with E-state index in [1.165, 1.54) is 18.2 Å². The van der Waals surface area contributed by atoms with Crippen LogP contribution in [0.3, 0.4) is 0 Å². The van der Waals surface area contributed by atoms with Crippen molar-refractivity contribution >= 4 is 17.8 Å². The Hall–Kier alpha value is -1.84. The summed E-state index contributed by atoms with van der Waals surface area (Å²) in [5, 5.41) is 3.96. The lowest BCUT2D eigenvalue weighted by molar-refractivity contribution is -0.118. The van der Waals surface area contributed by atoms with Gasteiger partial charge < -0.3 is 4.90 Å². The van der Waals surface area contributed by atoms with Gasteiger partial charge in [0.1, 0.15) is 0 Å². The van der Waals surface area contributed by atoms with Crippen LogP contribution in [0.5, 0.6) is 0 Å². The molecule has 0 radical (unpaired) electrons. The van der Waals surface area contributed by atoms with Crippen LogP contribution in [0.4, 0.5) is 5.69 Å². The van der Waals surface area contributed by atoms with Gasteiger partial charge >= 0.3 is 0 Å². The number of anilines is 1. The molecule has 0 fully saturated rings. The first-order valence-electron chi connectivity index (χ1n) is 7.95. The van der Waals surface area contributed by atoms with E-state index in [0.29, 0.717) is 12.0 Å². The SMILES string of the molecule is CC(=O)N/N=C\c1ccc2c(c1)[C@H](C)CC(C)(C)N2C(C)C. The lowest BCUT2D eigenvalue weighted by Gasteiger charge is -2.50. The van der Waals surface area contributed by atoms with Crippen molar-refractivity contribution in [1.82, 2.24) is 5.43 Å². The molecule has 1 aliphatic rings. The fourth-order valence-electron chi connectivity index (χ4n) is 3.73. The molecule has 1 atom stereocenters. The van der Waals surface area contributed by atoms with Gasteiger partial charge in [0.05, 0.1) is 6.21 Å². The van der Waals surface area contributed by atoms with Crippen LogP contribution in [-0.2, 0) is 4.79 Å². The van der Waals surface area contributed by atoms with E-state index in [2.05, 4.69) is 68.2 Å². The molecular formula is C18H27N3O. The van der Waals surface area contributed by atoms with E-state index >= 15 is 0 Å². The number of hydrogen-bond donors (Lipinski definition) is 1. The highest BCUT2D eigenvalue weighted by atomic mass is 16.2. The number of hydrazone groups is 1. The summed E-state index contributed by atoms with van der Waals surface area (Å²) < 4.78 is 0. The summed E-state index contributed by atoms with van der Waals surface area (Å²) in [6.07, 6.45) is 2.83. The third kappa shape index (κ3) is 3.32. The van der Waals surface area contributed by atoms with Gasteiger partial charge in [0.15, 0.2) is 0 Å². The summed E-state index contributed by atoms with van der Waals surface area (Å²) in [5.74, 6) is 0.351. The molecule has 0 saturated carbocycles. The smallest absolute Gasteiger partial charge is 0.236 e. The van der Waals surface area contributed by atoms with E-state index in [4.69, 9.17) is 0 Å². The Kier molecular flexibility index (Phi) is 4.59. The Morgan fingerprint density at radius 1 is 1.45 bits per heavy atom. The molecule has 0 saturated heterocycles. The van der Waals surface area contributed by atoms with Crippen LogP contribution in [-0.4, -0.2) is 23.7 Å². The fourth-order valence-corrected chi connectivity index (χ4v) is 3.73. The number of benzene rings is 1. The second kappa shape index (κ2) is 6.11. The van der Waals surface area contributed by atoms with E-state index in [1.807, 2.05) is 0 Å². The molecule has 0 spiro atoms. The zero-order valence-corrected chi connectivity index (χ0v) is 14.5. The minimum Gasteiger partial charge on any atom is -0.364 e. The monoisotopic (exact) mass is 301 g/mol. The van der Waals surface area contributed by atoms with Crippen LogP contribution in [0.1, 0.15) is 65.0 Å². The average molecular weight is 301 g/mol. The summed E-state index contributed by atoms with van der Waals surface area (Å²) in [7, 11) is 0. The van der Waals surface area contributed by atoms with E-state index in [1.54, 1.807) is 6.21 Å². The number of fused-ring (bicyclic) bond motifs is 1. The van der Waals surface area contributed by atoms with Crippen LogP contribution in [0.25, 0.3) is 0 Å². The standard InChI is InChI=1S/C18H27N3O/c1-12(2)21-17-8-7-15(11-19-20-14(4)22)9-16(17)13(3)10-18(21,5)6/h7-9,11-13H,10H2,1-6H3,(H,20,22)/b19-11-/t13-/m1/s1. The normalized spacial score (nSPS) is 20.3. The second-order valence-electron chi connectivity index (χ2n) is 7.13. The number of amides is 1. The van der Waals surface area contributed by atoms with Crippen molar-refractivity contribution in [2.24, 2.45) is 5.10 Å². The van der Waals surface area contributed by atoms with Gasteiger partial charge in [-0.05, 0) is 63.3 Å². The van der Waals surface area contributed by atoms with Gasteiger partial charge in [0.2, 0.25) is 5.91 Å². The quantitative estimate of drug-likeness (QED) is 0.684. The van der Waals surface area contributed by atoms with Gasteiger partial charge in [-0.25, -0.2) is 5.43 Å². The first-order valence-corrected chi connectivity index (χ1v) is 7.95. The number of nitrogens with zero attached hydrogens (tertiary/aromatic N) is 2. The van der Waals surface area contributed by atoms with Gasteiger partial charge in [-0.1, -0.05) is 13.0 Å². The van der Waals surface area contributed by atoms with Gasteiger partial charge in [-0.2, -0.15) is 5.10 Å². The number of rotatable bonds is 3. The third-order valence-electron chi connectivity index (χ3n) is 4.25. The maximum absolute atomic E-state index is 10.9. The van der Waals surface area contributed by atoms with Crippen molar-refractivity contribution in [3.05, 3.63) is 29.3 Å². The Labute approximate surface area is 133 Å². The van der Waals surface area contributed by atoms with Gasteiger partial charge in [0, 0.05) is 24.2 Å². The van der Waals surface area contributed by atoms with E-state index < -0.39 is 0 Å². The molecule has 1 aliphatic heterocycles. The minimum atomic E-state index is -0.157. The highest BCUT2D eigenvalue weighted by Crippen LogP contribution is 2.44. The fraction of sp³-hybridized carbons (Fsp3) is 0.556. The van der Waals surface area contributed by atoms with Gasteiger partial charge in [-0.3, -0.25) is 4.79 Å². The summed E-state index contributed by atoms with van der Waals surface area (Å²) >= 11 is 0. The molecule has 22 heavy (non-hydrogen) atoms. The Bertz CT molecular complexity index is 590. The van der Waals surface area contributed by atoms with Crippen LogP contribution >= 0.6 is 0 Å². The maximum Gasteiger partial charge on any atom is 0.236 e. The van der Waals surface area contributed by atoms with Crippen LogP contribution < -0.4 is 10.3 Å². The predicted molar refractivity (Wildman–Crippen MR) is 92.6 cm³/mol. The molecule has 1 aromatic carbocycles. The van der Waals surface area contributed by atoms with Crippen molar-refractivity contribution in [2.45, 2.75) is 65.5 Å². The van der Waals surface area contributed by atoms with Gasteiger partial charge in [-0.15, -0.1) is 0 Å². The van der Waals surface area contributed by atoms with Gasteiger partial charge in [0.25, 0.3) is 0 Å². The highest BCUT2D eigenvalue weighted by Gasteiger charge is 2.37. The molecule has 0 bridgehead atoms. The molecule has 2 rings (SSSR count). The van der Waals surface area contributed by atoms with Crippen molar-refractivity contribution in [3.63, 3.8) is 0 Å². The third-order valence-corrected chi connectivity index (χ3v) is 4.25.